The Bertz CT molecular complexity index is 603. The number of guanidine groups is 1. The van der Waals surface area contributed by atoms with Crippen molar-refractivity contribution >= 4 is 29.9 Å². The number of aliphatic hydroxyl groups excluding tert-OH is 1. The maximum atomic E-state index is 9.32. The molecule has 31 heavy (non-hydrogen) atoms. The lowest BCUT2D eigenvalue weighted by atomic mass is 9.88. The molecule has 1 saturated heterocycles. The van der Waals surface area contributed by atoms with Crippen molar-refractivity contribution in [2.75, 3.05) is 39.5 Å². The van der Waals surface area contributed by atoms with Gasteiger partial charge in [-0.05, 0) is 51.0 Å². The Morgan fingerprint density at radius 2 is 1.84 bits per heavy atom. The van der Waals surface area contributed by atoms with Crippen molar-refractivity contribution in [3.8, 4) is 0 Å². The van der Waals surface area contributed by atoms with E-state index in [0.717, 1.165) is 64.4 Å². The predicted molar refractivity (Wildman–Crippen MR) is 140 cm³/mol. The van der Waals surface area contributed by atoms with Crippen LogP contribution in [0.4, 0.5) is 0 Å². The van der Waals surface area contributed by atoms with Gasteiger partial charge < -0.3 is 25.8 Å². The van der Waals surface area contributed by atoms with Gasteiger partial charge in [0, 0.05) is 44.5 Å². The first-order valence-electron chi connectivity index (χ1n) is 11.7. The van der Waals surface area contributed by atoms with Gasteiger partial charge in [-0.25, -0.2) is 0 Å². The first kappa shape index (κ1) is 28.1. The first-order valence-corrected chi connectivity index (χ1v) is 11.7. The van der Waals surface area contributed by atoms with Crippen molar-refractivity contribution in [1.29, 1.82) is 0 Å². The molecule has 0 aromatic heterocycles. The van der Waals surface area contributed by atoms with Gasteiger partial charge >= 0.3 is 0 Å². The van der Waals surface area contributed by atoms with Crippen LogP contribution >= 0.6 is 24.0 Å². The minimum absolute atomic E-state index is 0. The molecule has 4 N–H and O–H groups in total. The summed E-state index contributed by atoms with van der Waals surface area (Å²) >= 11 is 0. The second-order valence-corrected chi connectivity index (χ2v) is 8.41. The number of nitrogens with zero attached hydrogens (tertiary/aromatic N) is 1. The molecule has 0 saturated carbocycles. The Kier molecular flexibility index (Phi) is 14.4. The van der Waals surface area contributed by atoms with Crippen LogP contribution in [-0.2, 0) is 4.74 Å². The van der Waals surface area contributed by atoms with Gasteiger partial charge in [-0.2, -0.15) is 0 Å². The monoisotopic (exact) mass is 546 g/mol. The summed E-state index contributed by atoms with van der Waals surface area (Å²) < 4.78 is 5.66. The van der Waals surface area contributed by atoms with Crippen molar-refractivity contribution in [3.05, 3.63) is 35.9 Å². The average Bonchev–Trinajstić information content (AvgIpc) is 2.77. The summed E-state index contributed by atoms with van der Waals surface area (Å²) in [6, 6.07) is 10.8. The van der Waals surface area contributed by atoms with Gasteiger partial charge in [-0.3, -0.25) is 4.99 Å². The van der Waals surface area contributed by atoms with E-state index >= 15 is 0 Å². The van der Waals surface area contributed by atoms with E-state index in [4.69, 9.17) is 9.73 Å². The van der Waals surface area contributed by atoms with E-state index in [2.05, 4.69) is 67.1 Å². The largest absolute Gasteiger partial charge is 0.396 e. The quantitative estimate of drug-likeness (QED) is 0.182. The van der Waals surface area contributed by atoms with E-state index in [-0.39, 0.29) is 42.2 Å². The molecule has 2 atom stereocenters. The zero-order valence-corrected chi connectivity index (χ0v) is 21.9. The minimum Gasteiger partial charge on any atom is -0.396 e. The summed E-state index contributed by atoms with van der Waals surface area (Å²) in [6.45, 7) is 10.7. The van der Waals surface area contributed by atoms with E-state index in [1.165, 1.54) is 5.56 Å². The molecule has 6 nitrogen and oxygen atoms in total. The molecule has 1 aliphatic rings. The standard InChI is InChI=1S/C24H42N4O2.HI/c1-4-9-21(12-15-29)18-26-23(25-5-2)27-19-24(13-16-30-17-14-24)28-20(3)22-10-7-6-8-11-22;/h6-8,10-11,20-21,28-29H,4-5,9,12-19H2,1-3H3,(H2,25,26,27);1H. The van der Waals surface area contributed by atoms with E-state index in [9.17, 15) is 5.11 Å². The van der Waals surface area contributed by atoms with Crippen molar-refractivity contribution < 1.29 is 9.84 Å². The summed E-state index contributed by atoms with van der Waals surface area (Å²) in [7, 11) is 0. The molecule has 1 aromatic rings. The topological polar surface area (TPSA) is 77.9 Å². The molecule has 0 spiro atoms. The zero-order valence-electron chi connectivity index (χ0n) is 19.5. The number of hydrogen-bond donors (Lipinski definition) is 4. The van der Waals surface area contributed by atoms with Gasteiger partial charge in [-0.1, -0.05) is 43.7 Å². The fraction of sp³-hybridized carbons (Fsp3) is 0.708. The van der Waals surface area contributed by atoms with Crippen LogP contribution < -0.4 is 16.0 Å². The molecule has 0 amide bonds. The minimum atomic E-state index is -0.0657. The second-order valence-electron chi connectivity index (χ2n) is 8.41. The third-order valence-electron chi connectivity index (χ3n) is 5.95. The Balaban J connectivity index is 0.00000480. The Morgan fingerprint density at radius 1 is 1.13 bits per heavy atom. The summed E-state index contributed by atoms with van der Waals surface area (Å²) in [5.41, 5.74) is 1.23. The number of aliphatic imine (C=N–C) groups is 1. The maximum Gasteiger partial charge on any atom is 0.191 e. The highest BCUT2D eigenvalue weighted by Gasteiger charge is 2.34. The molecule has 2 rings (SSSR count). The number of hydrogen-bond acceptors (Lipinski definition) is 4. The van der Waals surface area contributed by atoms with Gasteiger partial charge in [0.15, 0.2) is 5.96 Å². The van der Waals surface area contributed by atoms with E-state index in [1.54, 1.807) is 0 Å². The highest BCUT2D eigenvalue weighted by molar-refractivity contribution is 14.0. The molecule has 2 unspecified atom stereocenters. The van der Waals surface area contributed by atoms with Gasteiger partial charge in [0.1, 0.15) is 0 Å². The Labute approximate surface area is 206 Å². The first-order chi connectivity index (χ1) is 14.6. The SMILES string of the molecule is CCCC(CCO)CNC(=NCC1(NC(C)c2ccccc2)CCOCC1)NCC.I. The highest BCUT2D eigenvalue weighted by Crippen LogP contribution is 2.26. The number of rotatable bonds is 12. The zero-order chi connectivity index (χ0) is 21.7. The molecular weight excluding hydrogens is 503 g/mol. The molecule has 1 fully saturated rings. The summed E-state index contributed by atoms with van der Waals surface area (Å²) in [5.74, 6) is 1.33. The highest BCUT2D eigenvalue weighted by atomic mass is 127. The normalized spacial score (nSPS) is 18.0. The second kappa shape index (κ2) is 15.8. The van der Waals surface area contributed by atoms with E-state index < -0.39 is 0 Å². The molecule has 1 aliphatic heterocycles. The van der Waals surface area contributed by atoms with Gasteiger partial charge in [-0.15, -0.1) is 24.0 Å². The fourth-order valence-corrected chi connectivity index (χ4v) is 4.15. The molecule has 178 valence electrons. The van der Waals surface area contributed by atoms with Gasteiger partial charge in [0.05, 0.1) is 6.54 Å². The molecule has 0 radical (unpaired) electrons. The lowest BCUT2D eigenvalue weighted by molar-refractivity contribution is 0.0374. The van der Waals surface area contributed by atoms with Crippen molar-refractivity contribution in [3.63, 3.8) is 0 Å². The lowest BCUT2D eigenvalue weighted by Gasteiger charge is -2.39. The molecule has 1 aromatic carbocycles. The number of benzene rings is 1. The number of halogens is 1. The third-order valence-corrected chi connectivity index (χ3v) is 5.95. The van der Waals surface area contributed by atoms with Crippen molar-refractivity contribution in [1.82, 2.24) is 16.0 Å². The van der Waals surface area contributed by atoms with E-state index in [1.807, 2.05) is 0 Å². The number of nitrogens with one attached hydrogen (secondary N) is 3. The summed E-state index contributed by atoms with van der Waals surface area (Å²) in [5, 5.41) is 20.1. The maximum absolute atomic E-state index is 9.32. The molecule has 7 heteroatoms. The van der Waals surface area contributed by atoms with Crippen LogP contribution in [0.5, 0.6) is 0 Å². The molecule has 0 aliphatic carbocycles. The van der Waals surface area contributed by atoms with Crippen LogP contribution in [0.25, 0.3) is 0 Å². The van der Waals surface area contributed by atoms with Crippen LogP contribution in [0.3, 0.4) is 0 Å². The van der Waals surface area contributed by atoms with Crippen LogP contribution in [0.1, 0.15) is 64.5 Å². The summed E-state index contributed by atoms with van der Waals surface area (Å²) in [4.78, 5) is 4.96. The average molecular weight is 547 g/mol. The molecule has 1 heterocycles. The van der Waals surface area contributed by atoms with E-state index in [0.29, 0.717) is 12.5 Å². The molecular formula is C24H43IN4O2. The number of aliphatic hydroxyl groups is 1. The molecule has 0 bridgehead atoms. The predicted octanol–water partition coefficient (Wildman–Crippen LogP) is 3.86. The van der Waals surface area contributed by atoms with Crippen molar-refractivity contribution in [2.45, 2.75) is 64.5 Å². The van der Waals surface area contributed by atoms with Gasteiger partial charge in [0.2, 0.25) is 0 Å². The third kappa shape index (κ3) is 10.1. The van der Waals surface area contributed by atoms with Gasteiger partial charge in [0.25, 0.3) is 0 Å². The fourth-order valence-electron chi connectivity index (χ4n) is 4.15. The lowest BCUT2D eigenvalue weighted by Crippen LogP contribution is -2.53. The summed E-state index contributed by atoms with van der Waals surface area (Å²) in [6.07, 6.45) is 4.98. The van der Waals surface area contributed by atoms with Crippen LogP contribution in [0, 0.1) is 5.92 Å². The smallest absolute Gasteiger partial charge is 0.191 e. The van der Waals surface area contributed by atoms with Crippen LogP contribution in [0.2, 0.25) is 0 Å². The van der Waals surface area contributed by atoms with Crippen molar-refractivity contribution in [2.24, 2.45) is 10.9 Å². The van der Waals surface area contributed by atoms with Crippen LogP contribution in [-0.4, -0.2) is 56.1 Å². The Morgan fingerprint density at radius 3 is 2.45 bits per heavy atom. The Hall–Kier alpha value is -0.900. The number of ether oxygens (including phenoxy) is 1. The van der Waals surface area contributed by atoms with Crippen LogP contribution in [0.15, 0.2) is 35.3 Å².